The number of amides is 1. The van der Waals surface area contributed by atoms with Gasteiger partial charge < -0.3 is 11.1 Å². The summed E-state index contributed by atoms with van der Waals surface area (Å²) in [6, 6.07) is -0.0979. The minimum Gasteiger partial charge on any atom is -0.352 e. The predicted molar refractivity (Wildman–Crippen MR) is 68.1 cm³/mol. The number of hydrogen-bond donors (Lipinski definition) is 2. The summed E-state index contributed by atoms with van der Waals surface area (Å²) in [6.45, 7) is 4.13. The van der Waals surface area contributed by atoms with Crippen LogP contribution in [0.3, 0.4) is 0 Å². The molecule has 0 aromatic rings. The maximum atomic E-state index is 11.6. The van der Waals surface area contributed by atoms with Crippen molar-refractivity contribution < 1.29 is 4.79 Å². The fourth-order valence-corrected chi connectivity index (χ4v) is 1.86. The van der Waals surface area contributed by atoms with Gasteiger partial charge in [-0.2, -0.15) is 11.8 Å². The summed E-state index contributed by atoms with van der Waals surface area (Å²) in [6.07, 6.45) is 5.98. The highest BCUT2D eigenvalue weighted by Gasteiger charge is 2.14. The number of carbonyl (C=O) groups is 1. The molecule has 0 rings (SSSR count). The summed E-state index contributed by atoms with van der Waals surface area (Å²) in [4.78, 5) is 11.6. The van der Waals surface area contributed by atoms with E-state index in [1.54, 1.807) is 11.8 Å². The fraction of sp³-hybridized carbons (Fsp3) is 0.909. The quantitative estimate of drug-likeness (QED) is 0.670. The third-order valence-corrected chi connectivity index (χ3v) is 2.99. The van der Waals surface area contributed by atoms with Gasteiger partial charge in [0.15, 0.2) is 0 Å². The van der Waals surface area contributed by atoms with Crippen LogP contribution in [-0.2, 0) is 4.79 Å². The molecule has 0 spiro atoms. The molecule has 0 aliphatic carbocycles. The Labute approximate surface area is 97.6 Å². The molecule has 90 valence electrons. The van der Waals surface area contributed by atoms with E-state index < -0.39 is 0 Å². The van der Waals surface area contributed by atoms with Crippen LogP contribution >= 0.6 is 11.8 Å². The van der Waals surface area contributed by atoms with Gasteiger partial charge in [0.2, 0.25) is 5.91 Å². The second kappa shape index (κ2) is 9.04. The molecule has 4 heteroatoms. The molecule has 1 unspecified atom stereocenters. The Morgan fingerprint density at radius 1 is 1.47 bits per heavy atom. The first kappa shape index (κ1) is 14.8. The molecule has 3 nitrogen and oxygen atoms in total. The van der Waals surface area contributed by atoms with Crippen LogP contribution in [0, 0.1) is 0 Å². The Kier molecular flexibility index (Phi) is 8.91. The van der Waals surface area contributed by atoms with E-state index in [4.69, 9.17) is 5.73 Å². The highest BCUT2D eigenvalue weighted by Crippen LogP contribution is 2.02. The Morgan fingerprint density at radius 2 is 2.13 bits per heavy atom. The minimum atomic E-state index is -0.332. The van der Waals surface area contributed by atoms with Crippen molar-refractivity contribution in [2.75, 3.05) is 12.0 Å². The molecule has 15 heavy (non-hydrogen) atoms. The van der Waals surface area contributed by atoms with E-state index >= 15 is 0 Å². The van der Waals surface area contributed by atoms with Gasteiger partial charge in [0.05, 0.1) is 6.04 Å². The van der Waals surface area contributed by atoms with Gasteiger partial charge in [0, 0.05) is 6.04 Å². The number of nitrogens with one attached hydrogen (secondary N) is 1. The minimum absolute atomic E-state index is 0.00273. The molecule has 0 aromatic heterocycles. The number of thioether (sulfide) groups is 1. The van der Waals surface area contributed by atoms with Gasteiger partial charge in [-0.3, -0.25) is 4.79 Å². The van der Waals surface area contributed by atoms with E-state index in [2.05, 4.69) is 18.5 Å². The van der Waals surface area contributed by atoms with Crippen molar-refractivity contribution in [1.29, 1.82) is 0 Å². The van der Waals surface area contributed by atoms with Crippen LogP contribution in [0.2, 0.25) is 0 Å². The van der Waals surface area contributed by atoms with Crippen molar-refractivity contribution in [1.82, 2.24) is 5.32 Å². The SMILES string of the molecule is CCCC[C@H](N)C(=O)NC(C)CCSC. The molecule has 0 saturated heterocycles. The van der Waals surface area contributed by atoms with Gasteiger partial charge in [-0.1, -0.05) is 19.8 Å². The van der Waals surface area contributed by atoms with Gasteiger partial charge >= 0.3 is 0 Å². The number of carbonyl (C=O) groups excluding carboxylic acids is 1. The van der Waals surface area contributed by atoms with Crippen LogP contribution in [0.15, 0.2) is 0 Å². The Morgan fingerprint density at radius 3 is 2.67 bits per heavy atom. The second-order valence-corrected chi connectivity index (χ2v) is 4.93. The third-order valence-electron chi connectivity index (χ3n) is 2.35. The zero-order valence-corrected chi connectivity index (χ0v) is 10.9. The Bertz CT molecular complexity index is 176. The highest BCUT2D eigenvalue weighted by atomic mass is 32.2. The molecular formula is C11H24N2OS. The van der Waals surface area contributed by atoms with E-state index in [9.17, 15) is 4.79 Å². The van der Waals surface area contributed by atoms with Crippen molar-refractivity contribution in [2.45, 2.75) is 51.6 Å². The largest absolute Gasteiger partial charge is 0.352 e. The summed E-state index contributed by atoms with van der Waals surface area (Å²) in [5, 5.41) is 2.95. The zero-order chi connectivity index (χ0) is 11.7. The summed E-state index contributed by atoms with van der Waals surface area (Å²) in [5.74, 6) is 1.07. The smallest absolute Gasteiger partial charge is 0.237 e. The second-order valence-electron chi connectivity index (χ2n) is 3.94. The van der Waals surface area contributed by atoms with Crippen LogP contribution < -0.4 is 11.1 Å². The van der Waals surface area contributed by atoms with Crippen molar-refractivity contribution in [2.24, 2.45) is 5.73 Å². The predicted octanol–water partition coefficient (Wildman–Crippen LogP) is 1.76. The molecule has 2 atom stereocenters. The summed E-state index contributed by atoms with van der Waals surface area (Å²) < 4.78 is 0. The average molecular weight is 232 g/mol. The third kappa shape index (κ3) is 7.68. The van der Waals surface area contributed by atoms with Crippen LogP contribution in [0.25, 0.3) is 0 Å². The Balaban J connectivity index is 3.70. The maximum absolute atomic E-state index is 11.6. The van der Waals surface area contributed by atoms with Gasteiger partial charge in [0.1, 0.15) is 0 Å². The summed E-state index contributed by atoms with van der Waals surface area (Å²) >= 11 is 1.80. The van der Waals surface area contributed by atoms with Crippen molar-refractivity contribution in [3.8, 4) is 0 Å². The highest BCUT2D eigenvalue weighted by molar-refractivity contribution is 7.98. The summed E-state index contributed by atoms with van der Waals surface area (Å²) in [7, 11) is 0. The first-order valence-corrected chi connectivity index (χ1v) is 7.06. The number of hydrogen-bond acceptors (Lipinski definition) is 3. The summed E-state index contributed by atoms with van der Waals surface area (Å²) in [5.41, 5.74) is 5.76. The standard InChI is InChI=1S/C11H24N2OS/c1-4-5-6-10(12)11(14)13-9(2)7-8-15-3/h9-10H,4-8,12H2,1-3H3,(H,13,14)/t9?,10-/m0/s1. The van der Waals surface area contributed by atoms with Gasteiger partial charge in [-0.25, -0.2) is 0 Å². The molecule has 0 heterocycles. The van der Waals surface area contributed by atoms with Gasteiger partial charge in [0.25, 0.3) is 0 Å². The molecule has 0 aliphatic rings. The lowest BCUT2D eigenvalue weighted by Gasteiger charge is -2.16. The number of nitrogens with two attached hydrogens (primary N) is 1. The monoisotopic (exact) mass is 232 g/mol. The maximum Gasteiger partial charge on any atom is 0.237 e. The lowest BCUT2D eigenvalue weighted by Crippen LogP contribution is -2.44. The van der Waals surface area contributed by atoms with E-state index in [0.717, 1.165) is 31.4 Å². The van der Waals surface area contributed by atoms with Crippen LogP contribution in [-0.4, -0.2) is 30.0 Å². The zero-order valence-electron chi connectivity index (χ0n) is 10.1. The lowest BCUT2D eigenvalue weighted by molar-refractivity contribution is -0.123. The van der Waals surface area contributed by atoms with Gasteiger partial charge in [-0.15, -0.1) is 0 Å². The molecule has 1 amide bonds. The molecule has 0 aromatic carbocycles. The van der Waals surface area contributed by atoms with E-state index in [1.165, 1.54) is 0 Å². The van der Waals surface area contributed by atoms with Crippen LogP contribution in [0.4, 0.5) is 0 Å². The molecule has 0 fully saturated rings. The van der Waals surface area contributed by atoms with Gasteiger partial charge in [-0.05, 0) is 31.8 Å². The average Bonchev–Trinajstić information content (AvgIpc) is 2.22. The lowest BCUT2D eigenvalue weighted by atomic mass is 10.1. The topological polar surface area (TPSA) is 55.1 Å². The van der Waals surface area contributed by atoms with Crippen molar-refractivity contribution in [3.05, 3.63) is 0 Å². The van der Waals surface area contributed by atoms with Crippen LogP contribution in [0.1, 0.15) is 39.5 Å². The van der Waals surface area contributed by atoms with Crippen molar-refractivity contribution in [3.63, 3.8) is 0 Å². The molecular weight excluding hydrogens is 208 g/mol. The Hall–Kier alpha value is -0.220. The molecule has 0 aliphatic heterocycles. The molecule has 0 saturated carbocycles. The number of unbranched alkanes of at least 4 members (excludes halogenated alkanes) is 1. The fourth-order valence-electron chi connectivity index (χ4n) is 1.27. The van der Waals surface area contributed by atoms with E-state index in [-0.39, 0.29) is 18.0 Å². The van der Waals surface area contributed by atoms with E-state index in [1.807, 2.05) is 6.92 Å². The van der Waals surface area contributed by atoms with Crippen molar-refractivity contribution >= 4 is 17.7 Å². The number of rotatable bonds is 8. The first-order valence-electron chi connectivity index (χ1n) is 5.66. The molecule has 0 bridgehead atoms. The first-order chi connectivity index (χ1) is 7.11. The van der Waals surface area contributed by atoms with E-state index in [0.29, 0.717) is 0 Å². The normalized spacial score (nSPS) is 14.7. The van der Waals surface area contributed by atoms with Crippen LogP contribution in [0.5, 0.6) is 0 Å². The molecule has 0 radical (unpaired) electrons. The molecule has 3 N–H and O–H groups in total.